The third-order valence-electron chi connectivity index (χ3n) is 3.49. The molecule has 1 aromatic heterocycles. The standard InChI is InChI=1S/C14H17N5O/c1-10-3-2-4-12(7-10)19-9-13(16-17-19)14(20)18-6-5-11(15)8-18/h2-4,7,9,11H,5-6,8,15H2,1H3. The molecule has 0 saturated carbocycles. The van der Waals surface area contributed by atoms with Gasteiger partial charge in [-0.2, -0.15) is 0 Å². The maximum Gasteiger partial charge on any atom is 0.276 e. The summed E-state index contributed by atoms with van der Waals surface area (Å²) >= 11 is 0. The molecule has 1 aromatic carbocycles. The first kappa shape index (κ1) is 12.8. The predicted molar refractivity (Wildman–Crippen MR) is 74.6 cm³/mol. The fourth-order valence-corrected chi connectivity index (χ4v) is 2.39. The molecular formula is C14H17N5O. The van der Waals surface area contributed by atoms with Crippen LogP contribution < -0.4 is 5.73 Å². The number of nitrogens with two attached hydrogens (primary N) is 1. The van der Waals surface area contributed by atoms with E-state index in [4.69, 9.17) is 5.73 Å². The second kappa shape index (κ2) is 5.05. The van der Waals surface area contributed by atoms with Crippen molar-refractivity contribution in [3.8, 4) is 5.69 Å². The van der Waals surface area contributed by atoms with Crippen molar-refractivity contribution in [2.45, 2.75) is 19.4 Å². The lowest BCUT2D eigenvalue weighted by atomic mass is 10.2. The highest BCUT2D eigenvalue weighted by molar-refractivity contribution is 5.92. The van der Waals surface area contributed by atoms with E-state index in [2.05, 4.69) is 10.3 Å². The van der Waals surface area contributed by atoms with Gasteiger partial charge in [0, 0.05) is 19.1 Å². The summed E-state index contributed by atoms with van der Waals surface area (Å²) in [6, 6.07) is 7.97. The minimum atomic E-state index is -0.100. The number of hydrogen-bond donors (Lipinski definition) is 1. The van der Waals surface area contributed by atoms with Crippen LogP contribution >= 0.6 is 0 Å². The molecule has 2 aromatic rings. The lowest BCUT2D eigenvalue weighted by Crippen LogP contribution is -2.32. The molecule has 6 nitrogen and oxygen atoms in total. The number of rotatable bonds is 2. The fourth-order valence-electron chi connectivity index (χ4n) is 2.39. The average molecular weight is 271 g/mol. The van der Waals surface area contributed by atoms with Crippen molar-refractivity contribution >= 4 is 5.91 Å². The zero-order valence-electron chi connectivity index (χ0n) is 11.4. The van der Waals surface area contributed by atoms with Crippen LogP contribution in [0.5, 0.6) is 0 Å². The van der Waals surface area contributed by atoms with E-state index in [1.165, 1.54) is 0 Å². The minimum absolute atomic E-state index is 0.0748. The summed E-state index contributed by atoms with van der Waals surface area (Å²) < 4.78 is 1.62. The summed E-state index contributed by atoms with van der Waals surface area (Å²) in [6.07, 6.45) is 2.51. The number of likely N-dealkylation sites (tertiary alicyclic amines) is 1. The van der Waals surface area contributed by atoms with E-state index in [0.717, 1.165) is 17.7 Å². The van der Waals surface area contributed by atoms with Gasteiger partial charge in [-0.05, 0) is 31.0 Å². The number of amides is 1. The van der Waals surface area contributed by atoms with Gasteiger partial charge in [0.1, 0.15) is 0 Å². The van der Waals surface area contributed by atoms with Crippen LogP contribution in [0.3, 0.4) is 0 Å². The van der Waals surface area contributed by atoms with Crippen molar-refractivity contribution in [1.82, 2.24) is 19.9 Å². The molecule has 0 bridgehead atoms. The van der Waals surface area contributed by atoms with Crippen LogP contribution in [-0.2, 0) is 0 Å². The van der Waals surface area contributed by atoms with Crippen LogP contribution in [0.25, 0.3) is 5.69 Å². The van der Waals surface area contributed by atoms with Crippen molar-refractivity contribution in [1.29, 1.82) is 0 Å². The first-order valence-electron chi connectivity index (χ1n) is 6.68. The van der Waals surface area contributed by atoms with Gasteiger partial charge in [-0.15, -0.1) is 5.10 Å². The molecule has 1 fully saturated rings. The van der Waals surface area contributed by atoms with Crippen molar-refractivity contribution in [3.63, 3.8) is 0 Å². The van der Waals surface area contributed by atoms with Gasteiger partial charge in [-0.25, -0.2) is 4.68 Å². The van der Waals surface area contributed by atoms with Crippen molar-refractivity contribution in [2.75, 3.05) is 13.1 Å². The Labute approximate surface area is 117 Å². The summed E-state index contributed by atoms with van der Waals surface area (Å²) in [5.74, 6) is -0.100. The van der Waals surface area contributed by atoms with Gasteiger partial charge in [0.25, 0.3) is 5.91 Å². The second-order valence-electron chi connectivity index (χ2n) is 5.19. The first-order valence-corrected chi connectivity index (χ1v) is 6.68. The van der Waals surface area contributed by atoms with Crippen LogP contribution in [-0.4, -0.2) is 44.9 Å². The van der Waals surface area contributed by atoms with E-state index < -0.39 is 0 Å². The molecule has 0 spiro atoms. The Hall–Kier alpha value is -2.21. The predicted octanol–water partition coefficient (Wildman–Crippen LogP) is 0.749. The van der Waals surface area contributed by atoms with E-state index in [1.807, 2.05) is 31.2 Å². The number of hydrogen-bond acceptors (Lipinski definition) is 4. The van der Waals surface area contributed by atoms with Gasteiger partial charge in [0.05, 0.1) is 11.9 Å². The first-order chi connectivity index (χ1) is 9.63. The highest BCUT2D eigenvalue weighted by Crippen LogP contribution is 2.13. The number of aryl methyl sites for hydroxylation is 1. The van der Waals surface area contributed by atoms with E-state index in [9.17, 15) is 4.79 Å². The quantitative estimate of drug-likeness (QED) is 0.874. The molecule has 2 heterocycles. The second-order valence-corrected chi connectivity index (χ2v) is 5.19. The molecule has 0 radical (unpaired) electrons. The van der Waals surface area contributed by atoms with E-state index >= 15 is 0 Å². The van der Waals surface area contributed by atoms with Crippen molar-refractivity contribution in [2.24, 2.45) is 5.73 Å². The topological polar surface area (TPSA) is 77.0 Å². The molecule has 1 aliphatic heterocycles. The Bertz CT molecular complexity index is 636. The number of aromatic nitrogens is 3. The molecule has 1 amide bonds. The van der Waals surface area contributed by atoms with Crippen LogP contribution in [0.2, 0.25) is 0 Å². The zero-order valence-corrected chi connectivity index (χ0v) is 11.4. The summed E-state index contributed by atoms with van der Waals surface area (Å²) in [7, 11) is 0. The molecule has 104 valence electrons. The fraction of sp³-hybridized carbons (Fsp3) is 0.357. The Morgan fingerprint density at radius 2 is 2.30 bits per heavy atom. The summed E-state index contributed by atoms with van der Waals surface area (Å²) in [5, 5.41) is 8.00. The number of benzene rings is 1. The highest BCUT2D eigenvalue weighted by Gasteiger charge is 2.26. The Morgan fingerprint density at radius 1 is 1.45 bits per heavy atom. The van der Waals surface area contributed by atoms with Gasteiger partial charge in [-0.1, -0.05) is 17.3 Å². The van der Waals surface area contributed by atoms with Gasteiger partial charge >= 0.3 is 0 Å². The monoisotopic (exact) mass is 271 g/mol. The average Bonchev–Trinajstić information content (AvgIpc) is 3.07. The lowest BCUT2D eigenvalue weighted by molar-refractivity contribution is 0.0785. The molecular weight excluding hydrogens is 254 g/mol. The van der Waals surface area contributed by atoms with Crippen LogP contribution in [0, 0.1) is 6.92 Å². The van der Waals surface area contributed by atoms with Crippen LogP contribution in [0.4, 0.5) is 0 Å². The summed E-state index contributed by atoms with van der Waals surface area (Å²) in [6.45, 7) is 3.30. The summed E-state index contributed by atoms with van der Waals surface area (Å²) in [4.78, 5) is 14.0. The smallest absolute Gasteiger partial charge is 0.276 e. The van der Waals surface area contributed by atoms with Gasteiger partial charge in [-0.3, -0.25) is 4.79 Å². The SMILES string of the molecule is Cc1cccc(-n2cc(C(=O)N3CCC(N)C3)nn2)c1. The molecule has 2 N–H and O–H groups in total. The van der Waals surface area contributed by atoms with Gasteiger partial charge in [0.15, 0.2) is 5.69 Å². The summed E-state index contributed by atoms with van der Waals surface area (Å²) in [5.41, 5.74) is 8.21. The van der Waals surface area contributed by atoms with E-state index in [1.54, 1.807) is 15.8 Å². The van der Waals surface area contributed by atoms with Crippen molar-refractivity contribution in [3.05, 3.63) is 41.7 Å². The van der Waals surface area contributed by atoms with E-state index in [0.29, 0.717) is 18.8 Å². The third-order valence-corrected chi connectivity index (χ3v) is 3.49. The maximum absolute atomic E-state index is 12.3. The maximum atomic E-state index is 12.3. The van der Waals surface area contributed by atoms with Gasteiger partial charge in [0.2, 0.25) is 0 Å². The highest BCUT2D eigenvalue weighted by atomic mass is 16.2. The molecule has 0 aliphatic carbocycles. The largest absolute Gasteiger partial charge is 0.336 e. The number of nitrogens with zero attached hydrogens (tertiary/aromatic N) is 4. The Kier molecular flexibility index (Phi) is 3.23. The molecule has 1 saturated heterocycles. The zero-order chi connectivity index (χ0) is 14.1. The Balaban J connectivity index is 1.81. The lowest BCUT2D eigenvalue weighted by Gasteiger charge is -2.13. The van der Waals surface area contributed by atoms with Crippen LogP contribution in [0.1, 0.15) is 22.5 Å². The molecule has 1 aliphatic rings. The van der Waals surface area contributed by atoms with Gasteiger partial charge < -0.3 is 10.6 Å². The van der Waals surface area contributed by atoms with E-state index in [-0.39, 0.29) is 11.9 Å². The third kappa shape index (κ3) is 2.42. The molecule has 3 rings (SSSR count). The number of carbonyl (C=O) groups excluding carboxylic acids is 1. The minimum Gasteiger partial charge on any atom is -0.336 e. The normalized spacial score (nSPS) is 18.5. The number of carbonyl (C=O) groups is 1. The molecule has 20 heavy (non-hydrogen) atoms. The molecule has 1 unspecified atom stereocenters. The molecule has 6 heteroatoms. The Morgan fingerprint density at radius 3 is 3.00 bits per heavy atom. The van der Waals surface area contributed by atoms with Crippen LogP contribution in [0.15, 0.2) is 30.5 Å². The molecule has 1 atom stereocenters. The van der Waals surface area contributed by atoms with Crippen molar-refractivity contribution < 1.29 is 4.79 Å².